The molecule has 3 nitrogen and oxygen atoms in total. The Morgan fingerprint density at radius 1 is 1.38 bits per heavy atom. The summed E-state index contributed by atoms with van der Waals surface area (Å²) in [7, 11) is 1.70. The quantitative estimate of drug-likeness (QED) is 0.674. The number of hydrogen-bond donors (Lipinski definition) is 0. The van der Waals surface area contributed by atoms with Gasteiger partial charge in [-0.3, -0.25) is 4.79 Å². The van der Waals surface area contributed by atoms with Crippen LogP contribution in [0.25, 0.3) is 0 Å². The second-order valence-corrected chi connectivity index (χ2v) is 7.13. The van der Waals surface area contributed by atoms with Crippen molar-refractivity contribution >= 4 is 39.8 Å². The molecule has 1 aromatic carbocycles. The molecule has 2 rings (SSSR count). The van der Waals surface area contributed by atoms with Crippen molar-refractivity contribution in [2.75, 3.05) is 7.05 Å². The van der Waals surface area contributed by atoms with E-state index in [4.69, 9.17) is 0 Å². The van der Waals surface area contributed by atoms with Gasteiger partial charge in [0.1, 0.15) is 5.75 Å². The van der Waals surface area contributed by atoms with E-state index in [1.54, 1.807) is 24.1 Å². The van der Waals surface area contributed by atoms with Crippen LogP contribution in [0.15, 0.2) is 35.7 Å². The third-order valence-electron chi connectivity index (χ3n) is 2.73. The molecule has 1 heterocycles. The van der Waals surface area contributed by atoms with Gasteiger partial charge in [0.25, 0.3) is 5.91 Å². The summed E-state index contributed by atoms with van der Waals surface area (Å²) in [6, 6.07) is 8.10. The zero-order valence-corrected chi connectivity index (χ0v) is 14.0. The van der Waals surface area contributed by atoms with Gasteiger partial charge in [-0.1, -0.05) is 12.1 Å². The second kappa shape index (κ2) is 7.17. The second-order valence-electron chi connectivity index (χ2n) is 4.32. The molecule has 0 atom stereocenters. The lowest BCUT2D eigenvalue weighted by molar-refractivity contribution is -0.0498. The topological polar surface area (TPSA) is 29.5 Å². The molecule has 0 aliphatic carbocycles. The van der Waals surface area contributed by atoms with E-state index >= 15 is 0 Å². The van der Waals surface area contributed by atoms with E-state index in [1.165, 1.54) is 23.5 Å². The Balaban J connectivity index is 1.99. The Morgan fingerprint density at radius 3 is 2.57 bits per heavy atom. The van der Waals surface area contributed by atoms with Gasteiger partial charge in [0.2, 0.25) is 0 Å². The maximum absolute atomic E-state index is 12.2. The first-order valence-corrected chi connectivity index (χ1v) is 7.95. The van der Waals surface area contributed by atoms with E-state index in [0.29, 0.717) is 12.1 Å². The molecule has 0 radical (unpaired) electrons. The molecule has 7 heteroatoms. The van der Waals surface area contributed by atoms with Crippen molar-refractivity contribution in [2.24, 2.45) is 0 Å². The number of carbonyl (C=O) groups excluding carboxylic acids is 1. The van der Waals surface area contributed by atoms with Gasteiger partial charge < -0.3 is 9.64 Å². The smallest absolute Gasteiger partial charge is 0.387 e. The average Bonchev–Trinajstić information content (AvgIpc) is 2.86. The summed E-state index contributed by atoms with van der Waals surface area (Å²) in [5.41, 5.74) is 1.50. The lowest BCUT2D eigenvalue weighted by Crippen LogP contribution is -2.25. The minimum absolute atomic E-state index is 0.0675. The number of halogens is 3. The van der Waals surface area contributed by atoms with Crippen molar-refractivity contribution in [2.45, 2.75) is 13.2 Å². The maximum Gasteiger partial charge on any atom is 0.387 e. The van der Waals surface area contributed by atoms with E-state index in [0.717, 1.165) is 8.45 Å². The van der Waals surface area contributed by atoms with E-state index in [1.807, 2.05) is 11.4 Å². The first-order chi connectivity index (χ1) is 9.95. The summed E-state index contributed by atoms with van der Waals surface area (Å²) in [5.74, 6) is 0.0391. The van der Waals surface area contributed by atoms with E-state index in [2.05, 4.69) is 27.3 Å². The minimum Gasteiger partial charge on any atom is -0.435 e. The highest BCUT2D eigenvalue weighted by Gasteiger charge is 2.13. The van der Waals surface area contributed by atoms with Crippen LogP contribution >= 0.6 is 33.9 Å². The van der Waals surface area contributed by atoms with Crippen LogP contribution in [0.4, 0.5) is 8.78 Å². The molecule has 112 valence electrons. The standard InChI is InChI=1S/C14H12F2INO2S/c1-18(13(19)10-6-12(17)21-8-10)7-9-2-4-11(5-3-9)20-14(15)16/h2-6,8,14H,7H2,1H3. The highest BCUT2D eigenvalue weighted by Crippen LogP contribution is 2.19. The van der Waals surface area contributed by atoms with Crippen molar-refractivity contribution in [3.05, 3.63) is 49.7 Å². The van der Waals surface area contributed by atoms with Gasteiger partial charge >= 0.3 is 6.61 Å². The summed E-state index contributed by atoms with van der Waals surface area (Å²) in [6.45, 7) is -2.43. The molecule has 0 unspecified atom stereocenters. The van der Waals surface area contributed by atoms with Crippen molar-refractivity contribution in [3.8, 4) is 5.75 Å². The number of hydrogen-bond acceptors (Lipinski definition) is 3. The van der Waals surface area contributed by atoms with Gasteiger partial charge in [0, 0.05) is 19.0 Å². The molecule has 0 bridgehead atoms. The van der Waals surface area contributed by atoms with Crippen LogP contribution in [-0.4, -0.2) is 24.5 Å². The number of thiophene rings is 1. The van der Waals surface area contributed by atoms with Crippen LogP contribution in [-0.2, 0) is 6.54 Å². The number of ether oxygens (including phenoxy) is 1. The molecular formula is C14H12F2INO2S. The molecule has 21 heavy (non-hydrogen) atoms. The highest BCUT2D eigenvalue weighted by molar-refractivity contribution is 14.1. The van der Waals surface area contributed by atoms with E-state index in [-0.39, 0.29) is 11.7 Å². The Hall–Kier alpha value is -1.22. The van der Waals surface area contributed by atoms with Crippen LogP contribution in [0.3, 0.4) is 0 Å². The van der Waals surface area contributed by atoms with Crippen LogP contribution in [0, 0.1) is 2.88 Å². The Bertz CT molecular complexity index is 616. The molecule has 0 fully saturated rings. The fourth-order valence-electron chi connectivity index (χ4n) is 1.76. The average molecular weight is 423 g/mol. The number of amides is 1. The van der Waals surface area contributed by atoms with Gasteiger partial charge in [-0.25, -0.2) is 0 Å². The first-order valence-electron chi connectivity index (χ1n) is 5.99. The summed E-state index contributed by atoms with van der Waals surface area (Å²) >= 11 is 3.68. The van der Waals surface area contributed by atoms with E-state index < -0.39 is 6.61 Å². The highest BCUT2D eigenvalue weighted by atomic mass is 127. The van der Waals surface area contributed by atoms with Gasteiger partial charge in [-0.05, 0) is 46.4 Å². The molecule has 0 saturated carbocycles. The molecule has 0 aliphatic rings. The van der Waals surface area contributed by atoms with Crippen molar-refractivity contribution in [1.29, 1.82) is 0 Å². The zero-order valence-electron chi connectivity index (χ0n) is 11.1. The van der Waals surface area contributed by atoms with Crippen LogP contribution in [0.2, 0.25) is 0 Å². The molecule has 1 aromatic heterocycles. The Morgan fingerprint density at radius 2 is 2.05 bits per heavy atom. The van der Waals surface area contributed by atoms with Crippen LogP contribution < -0.4 is 4.74 Å². The van der Waals surface area contributed by atoms with Gasteiger partial charge in [0.05, 0.1) is 8.45 Å². The van der Waals surface area contributed by atoms with Gasteiger partial charge in [0.15, 0.2) is 0 Å². The number of rotatable bonds is 5. The predicted molar refractivity (Wildman–Crippen MR) is 85.9 cm³/mol. The summed E-state index contributed by atoms with van der Waals surface area (Å²) in [6.07, 6.45) is 0. The van der Waals surface area contributed by atoms with Crippen molar-refractivity contribution < 1.29 is 18.3 Å². The van der Waals surface area contributed by atoms with E-state index in [9.17, 15) is 13.6 Å². The third-order valence-corrected chi connectivity index (χ3v) is 4.52. The number of carbonyl (C=O) groups is 1. The van der Waals surface area contributed by atoms with Crippen LogP contribution in [0.1, 0.15) is 15.9 Å². The van der Waals surface area contributed by atoms with Crippen LogP contribution in [0.5, 0.6) is 5.75 Å². The molecule has 2 aromatic rings. The molecule has 0 N–H and O–H groups in total. The monoisotopic (exact) mass is 423 g/mol. The summed E-state index contributed by atoms with van der Waals surface area (Å²) in [5, 5.41) is 1.82. The first kappa shape index (κ1) is 16.2. The molecule has 0 aliphatic heterocycles. The SMILES string of the molecule is CN(Cc1ccc(OC(F)F)cc1)C(=O)c1csc(I)c1. The lowest BCUT2D eigenvalue weighted by Gasteiger charge is -2.16. The summed E-state index contributed by atoms with van der Waals surface area (Å²) in [4.78, 5) is 13.8. The Kier molecular flexibility index (Phi) is 5.51. The number of nitrogens with zero attached hydrogens (tertiary/aromatic N) is 1. The fraction of sp³-hybridized carbons (Fsp3) is 0.214. The molecule has 1 amide bonds. The Labute approximate surface area is 138 Å². The lowest BCUT2D eigenvalue weighted by atomic mass is 10.2. The molecule has 0 saturated heterocycles. The zero-order chi connectivity index (χ0) is 15.4. The van der Waals surface area contributed by atoms with Crippen molar-refractivity contribution in [3.63, 3.8) is 0 Å². The summed E-state index contributed by atoms with van der Waals surface area (Å²) < 4.78 is 29.4. The van der Waals surface area contributed by atoms with Gasteiger partial charge in [-0.15, -0.1) is 11.3 Å². The number of benzene rings is 1. The minimum atomic E-state index is -2.83. The largest absolute Gasteiger partial charge is 0.435 e. The fourth-order valence-corrected chi connectivity index (χ4v) is 3.08. The normalized spacial score (nSPS) is 10.7. The van der Waals surface area contributed by atoms with Crippen molar-refractivity contribution in [1.82, 2.24) is 4.90 Å². The third kappa shape index (κ3) is 4.63. The predicted octanol–water partition coefficient (Wildman–Crippen LogP) is 4.23. The van der Waals surface area contributed by atoms with Gasteiger partial charge in [-0.2, -0.15) is 8.78 Å². The maximum atomic E-state index is 12.2. The molecular weight excluding hydrogens is 411 g/mol. The number of alkyl halides is 2. The molecule has 0 spiro atoms.